The van der Waals surface area contributed by atoms with E-state index in [1.807, 2.05) is 0 Å². The smallest absolute Gasteiger partial charge is 0.337 e. The van der Waals surface area contributed by atoms with Gasteiger partial charge in [0.05, 0.1) is 30.3 Å². The minimum Gasteiger partial charge on any atom is -0.465 e. The van der Waals surface area contributed by atoms with E-state index >= 15 is 0 Å². The number of nitrogens with one attached hydrogen (secondary N) is 1. The van der Waals surface area contributed by atoms with Crippen molar-refractivity contribution in [2.75, 3.05) is 12.4 Å². The van der Waals surface area contributed by atoms with Crippen LogP contribution in [0, 0.1) is 0 Å². The molecule has 1 aliphatic heterocycles. The van der Waals surface area contributed by atoms with Crippen LogP contribution in [0.5, 0.6) is 0 Å². The molecule has 0 atom stereocenters. The third-order valence-electron chi connectivity index (χ3n) is 2.13. The Hall–Kier alpha value is -2.39. The first-order chi connectivity index (χ1) is 7.74. The van der Waals surface area contributed by atoms with Crippen molar-refractivity contribution in [3.05, 3.63) is 29.5 Å². The summed E-state index contributed by atoms with van der Waals surface area (Å²) >= 11 is 0. The van der Waals surface area contributed by atoms with Crippen LogP contribution in [0.25, 0.3) is 0 Å². The number of anilines is 1. The Kier molecular flexibility index (Phi) is 2.54. The molecule has 80 valence electrons. The average molecular weight is 216 g/mol. The summed E-state index contributed by atoms with van der Waals surface area (Å²) in [5.41, 5.74) is 1.88. The number of fused-ring (bicyclic) bond motifs is 1. The molecule has 2 rings (SSSR count). The maximum atomic E-state index is 11.3. The predicted molar refractivity (Wildman–Crippen MR) is 58.8 cm³/mol. The summed E-state index contributed by atoms with van der Waals surface area (Å²) in [7, 11) is 1.31. The summed E-state index contributed by atoms with van der Waals surface area (Å²) in [4.78, 5) is 25.7. The summed E-state index contributed by atoms with van der Waals surface area (Å²) in [5, 5.41) is 2.80. The predicted octanol–water partition coefficient (Wildman–Crippen LogP) is 1.32. The standard InChI is InChI=1S/C11H8N2O3/c1-16-11(15)7-2-3-9-10(4-7)13-8(6-14)5-12-9/h2-5,13H,1H3. The number of hydrogen-bond acceptors (Lipinski definition) is 5. The third-order valence-corrected chi connectivity index (χ3v) is 2.13. The van der Waals surface area contributed by atoms with Crippen LogP contribution in [0.1, 0.15) is 10.4 Å². The zero-order valence-corrected chi connectivity index (χ0v) is 8.48. The molecule has 0 aliphatic carbocycles. The molecule has 0 unspecified atom stereocenters. The van der Waals surface area contributed by atoms with E-state index in [-0.39, 0.29) is 5.70 Å². The van der Waals surface area contributed by atoms with Crippen LogP contribution in [-0.2, 0) is 9.53 Å². The molecule has 1 aromatic rings. The molecule has 0 fully saturated rings. The topological polar surface area (TPSA) is 67.8 Å². The quantitative estimate of drug-likeness (QED) is 0.567. The van der Waals surface area contributed by atoms with Crippen molar-refractivity contribution in [2.45, 2.75) is 0 Å². The van der Waals surface area contributed by atoms with Crippen molar-refractivity contribution >= 4 is 29.5 Å². The second kappa shape index (κ2) is 4.00. The average Bonchev–Trinajstić information content (AvgIpc) is 2.36. The highest BCUT2D eigenvalue weighted by atomic mass is 16.5. The Morgan fingerprint density at radius 3 is 3.00 bits per heavy atom. The molecular formula is C11H8N2O3. The fourth-order valence-corrected chi connectivity index (χ4v) is 1.36. The van der Waals surface area contributed by atoms with E-state index in [1.54, 1.807) is 24.1 Å². The largest absolute Gasteiger partial charge is 0.465 e. The lowest BCUT2D eigenvalue weighted by molar-refractivity contribution is 0.0601. The number of carbonyl (C=O) groups is 1. The van der Waals surface area contributed by atoms with Gasteiger partial charge in [0, 0.05) is 0 Å². The first kappa shape index (κ1) is 10.1. The first-order valence-electron chi connectivity index (χ1n) is 4.53. The van der Waals surface area contributed by atoms with Crippen molar-refractivity contribution in [3.63, 3.8) is 0 Å². The number of esters is 1. The second-order valence-corrected chi connectivity index (χ2v) is 3.12. The van der Waals surface area contributed by atoms with Gasteiger partial charge >= 0.3 is 5.97 Å². The Morgan fingerprint density at radius 2 is 2.31 bits per heavy atom. The van der Waals surface area contributed by atoms with Crippen LogP contribution in [0.3, 0.4) is 0 Å². The molecule has 0 bridgehead atoms. The van der Waals surface area contributed by atoms with Crippen molar-refractivity contribution in [2.24, 2.45) is 4.99 Å². The SMILES string of the molecule is COC(=O)c1ccc2c(c1)NC(=C=O)C=N2. The molecule has 5 heteroatoms. The van der Waals surface area contributed by atoms with E-state index < -0.39 is 5.97 Å². The van der Waals surface area contributed by atoms with Gasteiger partial charge in [-0.2, -0.15) is 0 Å². The van der Waals surface area contributed by atoms with Crippen molar-refractivity contribution in [1.29, 1.82) is 0 Å². The molecule has 0 saturated heterocycles. The van der Waals surface area contributed by atoms with Gasteiger partial charge in [-0.05, 0) is 18.2 Å². The van der Waals surface area contributed by atoms with Crippen LogP contribution in [0.2, 0.25) is 0 Å². The van der Waals surface area contributed by atoms with Gasteiger partial charge in [0.2, 0.25) is 0 Å². The van der Waals surface area contributed by atoms with Crippen LogP contribution >= 0.6 is 0 Å². The number of rotatable bonds is 1. The number of hydrogen-bond donors (Lipinski definition) is 1. The van der Waals surface area contributed by atoms with Crippen molar-refractivity contribution in [3.8, 4) is 0 Å². The molecule has 16 heavy (non-hydrogen) atoms. The molecule has 0 radical (unpaired) electrons. The summed E-state index contributed by atoms with van der Waals surface area (Å²) < 4.78 is 4.59. The van der Waals surface area contributed by atoms with Gasteiger partial charge in [-0.3, -0.25) is 4.99 Å². The van der Waals surface area contributed by atoms with Gasteiger partial charge in [-0.15, -0.1) is 0 Å². The van der Waals surface area contributed by atoms with Crippen LogP contribution in [-0.4, -0.2) is 25.2 Å². The van der Waals surface area contributed by atoms with Gasteiger partial charge in [0.15, 0.2) is 5.94 Å². The highest BCUT2D eigenvalue weighted by Crippen LogP contribution is 2.29. The fourth-order valence-electron chi connectivity index (χ4n) is 1.36. The van der Waals surface area contributed by atoms with E-state index in [0.29, 0.717) is 16.9 Å². The van der Waals surface area contributed by atoms with E-state index in [4.69, 9.17) is 0 Å². The highest BCUT2D eigenvalue weighted by molar-refractivity contribution is 6.00. The van der Waals surface area contributed by atoms with Gasteiger partial charge in [-0.1, -0.05) is 0 Å². The monoisotopic (exact) mass is 216 g/mol. The summed E-state index contributed by atoms with van der Waals surface area (Å²) in [6.07, 6.45) is 1.38. The fraction of sp³-hybridized carbons (Fsp3) is 0.0909. The molecule has 5 nitrogen and oxygen atoms in total. The molecule has 1 heterocycles. The van der Waals surface area contributed by atoms with Crippen LogP contribution < -0.4 is 5.32 Å². The Morgan fingerprint density at radius 1 is 1.50 bits per heavy atom. The van der Waals surface area contributed by atoms with Crippen LogP contribution in [0.15, 0.2) is 28.9 Å². The number of methoxy groups -OCH3 is 1. The van der Waals surface area contributed by atoms with Gasteiger partial charge < -0.3 is 10.1 Å². The normalized spacial score (nSPS) is 12.4. The van der Waals surface area contributed by atoms with Crippen molar-refractivity contribution < 1.29 is 14.3 Å². The zero-order chi connectivity index (χ0) is 11.5. The van der Waals surface area contributed by atoms with E-state index in [9.17, 15) is 9.59 Å². The molecule has 0 aromatic heterocycles. The molecule has 1 aliphatic rings. The molecule has 0 saturated carbocycles. The Balaban J connectivity index is 2.44. The maximum Gasteiger partial charge on any atom is 0.337 e. The number of allylic oxidation sites excluding steroid dienone is 1. The molecule has 0 spiro atoms. The lowest BCUT2D eigenvalue weighted by Gasteiger charge is -2.13. The highest BCUT2D eigenvalue weighted by Gasteiger charge is 2.12. The summed E-state index contributed by atoms with van der Waals surface area (Å²) in [5.74, 6) is 1.26. The molecule has 1 aromatic carbocycles. The minimum absolute atomic E-state index is 0.231. The minimum atomic E-state index is -0.434. The van der Waals surface area contributed by atoms with Crippen molar-refractivity contribution in [1.82, 2.24) is 0 Å². The first-order valence-corrected chi connectivity index (χ1v) is 4.53. The maximum absolute atomic E-state index is 11.3. The van der Waals surface area contributed by atoms with E-state index in [2.05, 4.69) is 15.0 Å². The second-order valence-electron chi connectivity index (χ2n) is 3.12. The third kappa shape index (κ3) is 1.71. The summed E-state index contributed by atoms with van der Waals surface area (Å²) in [6, 6.07) is 4.86. The lowest BCUT2D eigenvalue weighted by Crippen LogP contribution is -2.08. The van der Waals surface area contributed by atoms with Gasteiger partial charge in [-0.25, -0.2) is 9.59 Å². The lowest BCUT2D eigenvalue weighted by atomic mass is 10.1. The number of carbonyl (C=O) groups excluding carboxylic acids is 2. The van der Waals surface area contributed by atoms with E-state index in [1.165, 1.54) is 13.3 Å². The Bertz CT molecular complexity index is 528. The molecule has 1 N–H and O–H groups in total. The number of ether oxygens (including phenoxy) is 1. The molecule has 0 amide bonds. The Labute approximate surface area is 91.4 Å². The van der Waals surface area contributed by atoms with E-state index in [0.717, 1.165) is 0 Å². The van der Waals surface area contributed by atoms with Crippen LogP contribution in [0.4, 0.5) is 11.4 Å². The zero-order valence-electron chi connectivity index (χ0n) is 8.48. The number of benzene rings is 1. The van der Waals surface area contributed by atoms with Gasteiger partial charge in [0.1, 0.15) is 5.70 Å². The van der Waals surface area contributed by atoms with Gasteiger partial charge in [0.25, 0.3) is 0 Å². The molecular weight excluding hydrogens is 208 g/mol. The summed E-state index contributed by atoms with van der Waals surface area (Å²) in [6.45, 7) is 0. The number of aliphatic imine (C=N–C) groups is 1. The number of nitrogens with zero attached hydrogens (tertiary/aromatic N) is 1.